The van der Waals surface area contributed by atoms with Crippen molar-refractivity contribution >= 4 is 40.3 Å². The number of hydrogen-bond donors (Lipinski definition) is 1. The molecule has 7 heteroatoms. The van der Waals surface area contributed by atoms with Crippen molar-refractivity contribution in [2.45, 2.75) is 26.2 Å². The molecule has 0 spiro atoms. The molecule has 0 fully saturated rings. The van der Waals surface area contributed by atoms with Crippen LogP contribution in [-0.2, 0) is 6.42 Å². The van der Waals surface area contributed by atoms with Crippen molar-refractivity contribution in [3.63, 3.8) is 0 Å². The summed E-state index contributed by atoms with van der Waals surface area (Å²) in [6.45, 7) is 2.03. The van der Waals surface area contributed by atoms with Crippen LogP contribution in [0.4, 0.5) is 5.69 Å². The van der Waals surface area contributed by atoms with Crippen molar-refractivity contribution in [2.75, 3.05) is 0 Å². The van der Waals surface area contributed by atoms with Gasteiger partial charge < -0.3 is 5.73 Å². The largest absolute Gasteiger partial charge is 0.389 e. The lowest BCUT2D eigenvalue weighted by Crippen LogP contribution is -2.09. The average molecular weight is 295 g/mol. The Hall–Kier alpha value is -1.78. The minimum Gasteiger partial charge on any atom is -0.389 e. The van der Waals surface area contributed by atoms with Crippen LogP contribution in [0, 0.1) is 21.4 Å². The zero-order chi connectivity index (χ0) is 14.4. The molecule has 2 N–H and O–H groups in total. The summed E-state index contributed by atoms with van der Waals surface area (Å²) in [5.41, 5.74) is 5.65. The van der Waals surface area contributed by atoms with Gasteiger partial charge in [-0.05, 0) is 18.9 Å². The topological polar surface area (TPSA) is 93.0 Å². The molecule has 19 heavy (non-hydrogen) atoms. The second-order valence-electron chi connectivity index (χ2n) is 3.85. The summed E-state index contributed by atoms with van der Waals surface area (Å²) in [6, 6.07) is 3.35. The van der Waals surface area contributed by atoms with Gasteiger partial charge in [-0.15, -0.1) is 11.3 Å². The van der Waals surface area contributed by atoms with Crippen LogP contribution in [0.2, 0.25) is 0 Å². The van der Waals surface area contributed by atoms with E-state index in [0.29, 0.717) is 11.3 Å². The van der Waals surface area contributed by atoms with E-state index in [-0.39, 0.29) is 16.2 Å². The summed E-state index contributed by atoms with van der Waals surface area (Å²) in [6.07, 6.45) is 4.02. The van der Waals surface area contributed by atoms with E-state index in [0.717, 1.165) is 17.7 Å². The molecule has 0 bridgehead atoms. The first-order chi connectivity index (χ1) is 8.99. The van der Waals surface area contributed by atoms with Crippen LogP contribution in [0.5, 0.6) is 0 Å². The highest BCUT2D eigenvalue weighted by Crippen LogP contribution is 2.31. The Kier molecular flexibility index (Phi) is 5.60. The molecule has 5 nitrogen and oxygen atoms in total. The highest BCUT2D eigenvalue weighted by molar-refractivity contribution is 7.80. The zero-order valence-electron chi connectivity index (χ0n) is 10.4. The van der Waals surface area contributed by atoms with Crippen LogP contribution >= 0.6 is 23.6 Å². The summed E-state index contributed by atoms with van der Waals surface area (Å²) in [7, 11) is 0. The first kappa shape index (κ1) is 15.3. The SMILES string of the molecule is CCCCc1sc(C=C(C#N)C(N)=S)cc1[N+](=O)[O-]. The van der Waals surface area contributed by atoms with Crippen LogP contribution in [-0.4, -0.2) is 9.91 Å². The monoisotopic (exact) mass is 295 g/mol. The second-order valence-corrected chi connectivity index (χ2v) is 5.46. The van der Waals surface area contributed by atoms with E-state index < -0.39 is 4.92 Å². The van der Waals surface area contributed by atoms with E-state index in [4.69, 9.17) is 23.2 Å². The van der Waals surface area contributed by atoms with Gasteiger partial charge in [0, 0.05) is 10.9 Å². The number of nitro groups is 1. The zero-order valence-corrected chi connectivity index (χ0v) is 12.0. The number of rotatable bonds is 6. The molecule has 0 saturated heterocycles. The lowest BCUT2D eigenvalue weighted by molar-refractivity contribution is -0.385. The Morgan fingerprint density at radius 2 is 2.42 bits per heavy atom. The number of thiophene rings is 1. The molecule has 0 saturated carbocycles. The number of nitrogens with two attached hydrogens (primary N) is 1. The van der Waals surface area contributed by atoms with E-state index in [1.807, 2.05) is 13.0 Å². The summed E-state index contributed by atoms with van der Waals surface area (Å²) < 4.78 is 0. The van der Waals surface area contributed by atoms with Crippen LogP contribution in [0.15, 0.2) is 11.6 Å². The highest BCUT2D eigenvalue weighted by atomic mass is 32.1. The fraction of sp³-hybridized carbons (Fsp3) is 0.333. The standard InChI is InChI=1S/C12H13N3O2S2/c1-2-3-4-11-10(15(16)17)6-9(19-11)5-8(7-13)12(14)18/h5-6H,2-4H2,1H3,(H2,14,18). The van der Waals surface area contributed by atoms with Crippen molar-refractivity contribution < 1.29 is 4.92 Å². The van der Waals surface area contributed by atoms with Crippen molar-refractivity contribution in [3.8, 4) is 6.07 Å². The van der Waals surface area contributed by atoms with Gasteiger partial charge in [-0.2, -0.15) is 5.26 Å². The Morgan fingerprint density at radius 1 is 1.74 bits per heavy atom. The fourth-order valence-electron chi connectivity index (χ4n) is 1.48. The van der Waals surface area contributed by atoms with Crippen LogP contribution in [0.25, 0.3) is 6.08 Å². The number of nitrogens with zero attached hydrogens (tertiary/aromatic N) is 2. The number of nitriles is 1. The van der Waals surface area contributed by atoms with Gasteiger partial charge in [-0.3, -0.25) is 10.1 Å². The first-order valence-corrected chi connectivity index (χ1v) is 6.90. The van der Waals surface area contributed by atoms with E-state index >= 15 is 0 Å². The third-order valence-electron chi connectivity index (χ3n) is 2.43. The van der Waals surface area contributed by atoms with E-state index in [9.17, 15) is 10.1 Å². The molecule has 1 rings (SSSR count). The minimum atomic E-state index is -0.397. The molecule has 0 amide bonds. The van der Waals surface area contributed by atoms with Crippen molar-refractivity contribution in [3.05, 3.63) is 31.5 Å². The molecule has 0 unspecified atom stereocenters. The molecule has 0 atom stereocenters. The molecular formula is C12H13N3O2S2. The molecule has 0 aliphatic heterocycles. The molecule has 0 radical (unpaired) electrons. The molecule has 100 valence electrons. The third-order valence-corrected chi connectivity index (χ3v) is 3.78. The van der Waals surface area contributed by atoms with Gasteiger partial charge >= 0.3 is 0 Å². The lowest BCUT2D eigenvalue weighted by atomic mass is 10.2. The molecule has 1 heterocycles. The van der Waals surface area contributed by atoms with E-state index in [1.165, 1.54) is 23.5 Å². The molecule has 0 aliphatic rings. The molecule has 1 aromatic heterocycles. The number of unbranched alkanes of at least 4 members (excludes halogenated alkanes) is 1. The average Bonchev–Trinajstić information content (AvgIpc) is 2.76. The first-order valence-electron chi connectivity index (χ1n) is 5.68. The van der Waals surface area contributed by atoms with Gasteiger partial charge in [0.2, 0.25) is 0 Å². The van der Waals surface area contributed by atoms with Crippen molar-refractivity contribution in [1.82, 2.24) is 0 Å². The molecule has 1 aromatic rings. The Morgan fingerprint density at radius 3 is 2.89 bits per heavy atom. The van der Waals surface area contributed by atoms with Gasteiger partial charge in [0.05, 0.1) is 15.4 Å². The maximum Gasteiger partial charge on any atom is 0.283 e. The quantitative estimate of drug-likeness (QED) is 0.286. The number of hydrogen-bond acceptors (Lipinski definition) is 5. The summed E-state index contributed by atoms with van der Waals surface area (Å²) in [5.74, 6) is 0. The third kappa shape index (κ3) is 4.12. The molecule has 0 aliphatic carbocycles. The molecular weight excluding hydrogens is 282 g/mol. The Bertz CT molecular complexity index is 570. The van der Waals surface area contributed by atoms with Crippen LogP contribution < -0.4 is 5.73 Å². The summed E-state index contributed by atoms with van der Waals surface area (Å²) in [4.78, 5) is 11.9. The van der Waals surface area contributed by atoms with Gasteiger partial charge in [-0.25, -0.2) is 0 Å². The maximum absolute atomic E-state index is 11.0. The Balaban J connectivity index is 3.14. The highest BCUT2D eigenvalue weighted by Gasteiger charge is 2.18. The van der Waals surface area contributed by atoms with Crippen molar-refractivity contribution in [2.24, 2.45) is 5.73 Å². The molecule has 0 aromatic carbocycles. The predicted octanol–water partition coefficient (Wildman–Crippen LogP) is 3.19. The summed E-state index contributed by atoms with van der Waals surface area (Å²) in [5, 5.41) is 19.8. The van der Waals surface area contributed by atoms with Crippen LogP contribution in [0.3, 0.4) is 0 Å². The van der Waals surface area contributed by atoms with Gasteiger partial charge in [0.1, 0.15) is 11.1 Å². The van der Waals surface area contributed by atoms with E-state index in [2.05, 4.69) is 0 Å². The summed E-state index contributed by atoms with van der Waals surface area (Å²) >= 11 is 6.04. The Labute approximate surface area is 120 Å². The minimum absolute atomic E-state index is 0.00587. The maximum atomic E-state index is 11.0. The smallest absolute Gasteiger partial charge is 0.283 e. The van der Waals surface area contributed by atoms with Crippen molar-refractivity contribution in [1.29, 1.82) is 5.26 Å². The van der Waals surface area contributed by atoms with Gasteiger partial charge in [0.25, 0.3) is 5.69 Å². The predicted molar refractivity (Wildman–Crippen MR) is 80.0 cm³/mol. The number of aryl methyl sites for hydroxylation is 1. The van der Waals surface area contributed by atoms with Crippen LogP contribution in [0.1, 0.15) is 29.5 Å². The normalized spacial score (nSPS) is 11.1. The van der Waals surface area contributed by atoms with Gasteiger partial charge in [0.15, 0.2) is 0 Å². The second kappa shape index (κ2) is 6.97. The van der Waals surface area contributed by atoms with Gasteiger partial charge in [-0.1, -0.05) is 25.6 Å². The fourth-order valence-corrected chi connectivity index (χ4v) is 2.70. The number of thiocarbonyl (C=S) groups is 1. The lowest BCUT2D eigenvalue weighted by Gasteiger charge is -1.94. The van der Waals surface area contributed by atoms with E-state index in [1.54, 1.807) is 0 Å².